The average Bonchev–Trinajstić information content (AvgIpc) is 2.94. The largest absolute Gasteiger partial charge is 0.481 e. The summed E-state index contributed by atoms with van der Waals surface area (Å²) in [6.07, 6.45) is 0. The first-order valence-corrected chi connectivity index (χ1v) is 6.43. The molecule has 1 aromatic rings. The van der Waals surface area contributed by atoms with Crippen LogP contribution in [0.25, 0.3) is 0 Å². The van der Waals surface area contributed by atoms with Crippen molar-refractivity contribution in [2.24, 2.45) is 23.0 Å². The number of nitrogens with one attached hydrogen (secondary N) is 2. The molecule has 2 rings (SSSR count). The van der Waals surface area contributed by atoms with Gasteiger partial charge in [0.05, 0.1) is 11.8 Å². The lowest BCUT2D eigenvalue weighted by Gasteiger charge is -2.07. The number of benzene rings is 1. The highest BCUT2D eigenvalue weighted by atomic mass is 16.4. The first kappa shape index (κ1) is 14.8. The van der Waals surface area contributed by atoms with Crippen molar-refractivity contribution in [1.82, 2.24) is 0 Å². The van der Waals surface area contributed by atoms with Crippen molar-refractivity contribution in [2.45, 2.75) is 13.8 Å². The Bertz CT molecular complexity index is 595. The summed E-state index contributed by atoms with van der Waals surface area (Å²) in [5.41, 5.74) is 5.49. The minimum atomic E-state index is -0.957. The van der Waals surface area contributed by atoms with E-state index in [9.17, 15) is 14.4 Å². The van der Waals surface area contributed by atoms with Crippen LogP contribution < -0.4 is 16.4 Å². The molecule has 0 unspecified atom stereocenters. The number of carbonyl (C=O) groups is 3. The van der Waals surface area contributed by atoms with Gasteiger partial charge in [-0.2, -0.15) is 0 Å². The van der Waals surface area contributed by atoms with Gasteiger partial charge in [0.25, 0.3) is 0 Å². The van der Waals surface area contributed by atoms with Gasteiger partial charge in [-0.25, -0.2) is 4.79 Å². The maximum Gasteiger partial charge on any atom is 0.316 e. The molecule has 0 bridgehead atoms. The van der Waals surface area contributed by atoms with Crippen LogP contribution in [-0.2, 0) is 9.59 Å². The molecule has 1 aliphatic rings. The van der Waals surface area contributed by atoms with E-state index in [0.29, 0.717) is 11.4 Å². The van der Waals surface area contributed by atoms with Gasteiger partial charge in [0.2, 0.25) is 5.91 Å². The fraction of sp³-hybridized carbons (Fsp3) is 0.357. The molecule has 0 saturated heterocycles. The summed E-state index contributed by atoms with van der Waals surface area (Å²) in [7, 11) is 0. The molecule has 21 heavy (non-hydrogen) atoms. The normalized spacial score (nSPS) is 22.2. The fourth-order valence-electron chi connectivity index (χ4n) is 2.59. The van der Waals surface area contributed by atoms with Crippen LogP contribution in [0.1, 0.15) is 13.8 Å². The SMILES string of the molecule is CC1(C)[C@H](C(=O)O)[C@@H]1C(=O)Nc1ccc(NC(N)=O)cc1. The van der Waals surface area contributed by atoms with Crippen molar-refractivity contribution in [1.29, 1.82) is 0 Å². The van der Waals surface area contributed by atoms with Gasteiger partial charge in [-0.3, -0.25) is 9.59 Å². The Morgan fingerprint density at radius 2 is 1.52 bits per heavy atom. The third-order valence-electron chi connectivity index (χ3n) is 3.80. The molecule has 0 aliphatic heterocycles. The number of rotatable bonds is 4. The van der Waals surface area contributed by atoms with E-state index < -0.39 is 29.3 Å². The van der Waals surface area contributed by atoms with Crippen LogP contribution in [0.2, 0.25) is 0 Å². The number of hydrogen-bond acceptors (Lipinski definition) is 3. The molecule has 0 radical (unpaired) electrons. The van der Waals surface area contributed by atoms with Crippen LogP contribution in [0.15, 0.2) is 24.3 Å². The van der Waals surface area contributed by atoms with E-state index in [1.54, 1.807) is 38.1 Å². The minimum Gasteiger partial charge on any atom is -0.481 e. The molecule has 7 heteroatoms. The first-order valence-electron chi connectivity index (χ1n) is 6.43. The standard InChI is InChI=1S/C14H17N3O4/c1-14(2)9(10(14)12(19)20)11(18)16-7-3-5-8(6-4-7)17-13(15)21/h3-6,9-10H,1-2H3,(H,16,18)(H,19,20)(H3,15,17,21)/t9-,10+/m1/s1. The van der Waals surface area contributed by atoms with E-state index in [1.807, 2.05) is 0 Å². The number of carboxylic acids is 1. The summed E-state index contributed by atoms with van der Waals surface area (Å²) in [4.78, 5) is 33.8. The summed E-state index contributed by atoms with van der Waals surface area (Å²) in [6, 6.07) is 5.72. The second-order valence-corrected chi connectivity index (χ2v) is 5.67. The lowest BCUT2D eigenvalue weighted by molar-refractivity contribution is -0.140. The predicted molar refractivity (Wildman–Crippen MR) is 76.7 cm³/mol. The highest BCUT2D eigenvalue weighted by molar-refractivity contribution is 6.00. The van der Waals surface area contributed by atoms with E-state index in [4.69, 9.17) is 10.8 Å². The molecule has 1 aliphatic carbocycles. The van der Waals surface area contributed by atoms with Gasteiger partial charge in [-0.05, 0) is 29.7 Å². The van der Waals surface area contributed by atoms with Crippen molar-refractivity contribution < 1.29 is 19.5 Å². The summed E-state index contributed by atoms with van der Waals surface area (Å²) in [6.45, 7) is 3.52. The van der Waals surface area contributed by atoms with E-state index in [2.05, 4.69) is 10.6 Å². The lowest BCUT2D eigenvalue weighted by atomic mass is 10.1. The molecule has 2 atom stereocenters. The highest BCUT2D eigenvalue weighted by Gasteiger charge is 2.65. The third-order valence-corrected chi connectivity index (χ3v) is 3.80. The summed E-state index contributed by atoms with van der Waals surface area (Å²) in [5, 5.41) is 14.1. The molecule has 1 aromatic carbocycles. The Balaban J connectivity index is 2.01. The van der Waals surface area contributed by atoms with E-state index in [-0.39, 0.29) is 5.91 Å². The van der Waals surface area contributed by atoms with Gasteiger partial charge in [-0.1, -0.05) is 13.8 Å². The van der Waals surface area contributed by atoms with Crippen LogP contribution in [0.5, 0.6) is 0 Å². The molecule has 1 fully saturated rings. The molecule has 0 spiro atoms. The molecule has 5 N–H and O–H groups in total. The van der Waals surface area contributed by atoms with Crippen LogP contribution in [0, 0.1) is 17.3 Å². The van der Waals surface area contributed by atoms with Gasteiger partial charge in [0, 0.05) is 11.4 Å². The molecule has 112 valence electrons. The van der Waals surface area contributed by atoms with Gasteiger partial charge < -0.3 is 21.5 Å². The smallest absolute Gasteiger partial charge is 0.316 e. The number of urea groups is 1. The second kappa shape index (κ2) is 5.08. The zero-order valence-electron chi connectivity index (χ0n) is 11.7. The Kier molecular flexibility index (Phi) is 3.59. The number of nitrogens with two attached hydrogens (primary N) is 1. The topological polar surface area (TPSA) is 122 Å². The molecular formula is C14H17N3O4. The number of hydrogen-bond donors (Lipinski definition) is 4. The number of primary amides is 1. The predicted octanol–water partition coefficient (Wildman–Crippen LogP) is 1.47. The van der Waals surface area contributed by atoms with Gasteiger partial charge in [-0.15, -0.1) is 0 Å². The number of carboxylic acid groups (broad SMARTS) is 1. The van der Waals surface area contributed by atoms with Gasteiger partial charge in [0.15, 0.2) is 0 Å². The van der Waals surface area contributed by atoms with E-state index in [0.717, 1.165) is 0 Å². The monoisotopic (exact) mass is 291 g/mol. The van der Waals surface area contributed by atoms with Crippen molar-refractivity contribution in [3.05, 3.63) is 24.3 Å². The van der Waals surface area contributed by atoms with Crippen LogP contribution in [-0.4, -0.2) is 23.0 Å². The molecule has 7 nitrogen and oxygen atoms in total. The fourth-order valence-corrected chi connectivity index (χ4v) is 2.59. The quantitative estimate of drug-likeness (QED) is 0.671. The second-order valence-electron chi connectivity index (χ2n) is 5.67. The average molecular weight is 291 g/mol. The van der Waals surface area contributed by atoms with Gasteiger partial charge in [0.1, 0.15) is 0 Å². The summed E-state index contributed by atoms with van der Waals surface area (Å²) in [5.74, 6) is -2.48. The van der Waals surface area contributed by atoms with Crippen LogP contribution in [0.4, 0.5) is 16.2 Å². The van der Waals surface area contributed by atoms with Crippen molar-refractivity contribution >= 4 is 29.3 Å². The maximum atomic E-state index is 12.1. The molecule has 0 heterocycles. The van der Waals surface area contributed by atoms with Crippen molar-refractivity contribution in [3.63, 3.8) is 0 Å². The number of carbonyl (C=O) groups excluding carboxylic acids is 2. The summed E-state index contributed by atoms with van der Waals surface area (Å²) < 4.78 is 0. The van der Waals surface area contributed by atoms with Gasteiger partial charge >= 0.3 is 12.0 Å². The Morgan fingerprint density at radius 1 is 1.05 bits per heavy atom. The molecule has 1 saturated carbocycles. The zero-order chi connectivity index (χ0) is 15.8. The number of aliphatic carboxylic acids is 1. The third kappa shape index (κ3) is 2.96. The lowest BCUT2D eigenvalue weighted by Crippen LogP contribution is -2.19. The zero-order valence-corrected chi connectivity index (χ0v) is 11.7. The minimum absolute atomic E-state index is 0.317. The summed E-state index contributed by atoms with van der Waals surface area (Å²) >= 11 is 0. The van der Waals surface area contributed by atoms with E-state index in [1.165, 1.54) is 0 Å². The molecule has 0 aromatic heterocycles. The highest BCUT2D eigenvalue weighted by Crippen LogP contribution is 2.58. The van der Waals surface area contributed by atoms with Crippen molar-refractivity contribution in [3.8, 4) is 0 Å². The Labute approximate surface area is 121 Å². The van der Waals surface area contributed by atoms with Crippen LogP contribution >= 0.6 is 0 Å². The van der Waals surface area contributed by atoms with Crippen molar-refractivity contribution in [2.75, 3.05) is 10.6 Å². The molecule has 3 amide bonds. The Hall–Kier alpha value is -2.57. The maximum absolute atomic E-state index is 12.1. The number of anilines is 2. The number of amides is 3. The van der Waals surface area contributed by atoms with Crippen LogP contribution in [0.3, 0.4) is 0 Å². The molecular weight excluding hydrogens is 274 g/mol. The Morgan fingerprint density at radius 3 is 1.90 bits per heavy atom. The first-order chi connectivity index (χ1) is 9.73. The van der Waals surface area contributed by atoms with E-state index >= 15 is 0 Å².